The first kappa shape index (κ1) is 30.9. The van der Waals surface area contributed by atoms with E-state index in [0.29, 0.717) is 17.9 Å². The lowest BCUT2D eigenvalue weighted by Crippen LogP contribution is -2.37. The zero-order chi connectivity index (χ0) is 30.5. The maximum absolute atomic E-state index is 5.14. The summed E-state index contributed by atoms with van der Waals surface area (Å²) < 4.78 is 0. The average Bonchev–Trinajstić information content (AvgIpc) is 3.27. The molecule has 1 atom stereocenters. The van der Waals surface area contributed by atoms with Gasteiger partial charge in [0.05, 0.1) is 29.8 Å². The van der Waals surface area contributed by atoms with Crippen LogP contribution in [0.5, 0.6) is 0 Å². The maximum Gasteiger partial charge on any atom is 0.199 e. The second kappa shape index (κ2) is 13.9. The highest BCUT2D eigenvalue weighted by Crippen LogP contribution is 2.32. The number of nitrogens with one attached hydrogen (secondary N) is 2. The number of fused-ring (bicyclic) bond motifs is 1. The molecule has 0 radical (unpaired) electrons. The van der Waals surface area contributed by atoms with Gasteiger partial charge >= 0.3 is 0 Å². The lowest BCUT2D eigenvalue weighted by molar-refractivity contribution is 0.217. The van der Waals surface area contributed by atoms with Gasteiger partial charge in [0.25, 0.3) is 0 Å². The molecule has 1 saturated carbocycles. The number of aliphatic imine (C=N–C) groups is 1. The Morgan fingerprint density at radius 2 is 1.75 bits per heavy atom. The van der Waals surface area contributed by atoms with Crippen LogP contribution in [0.2, 0.25) is 0 Å². The largest absolute Gasteiger partial charge is 0.375 e. The number of likely N-dealkylation sites (tertiary alicyclic amines) is 1. The highest BCUT2D eigenvalue weighted by Gasteiger charge is 2.26. The van der Waals surface area contributed by atoms with Crippen LogP contribution >= 0.6 is 0 Å². The Labute approximate surface area is 265 Å². The molecule has 0 amide bonds. The smallest absolute Gasteiger partial charge is 0.199 e. The molecule has 6 rings (SSSR count). The molecular weight excluding hydrogens is 542 g/mol. The monoisotopic (exact) mass is 597 g/mol. The van der Waals surface area contributed by atoms with Gasteiger partial charge in [-0.2, -0.15) is 0 Å². The van der Waals surface area contributed by atoms with Gasteiger partial charge in [-0.25, -0.2) is 4.99 Å². The van der Waals surface area contributed by atoms with Crippen LogP contribution in [-0.4, -0.2) is 56.2 Å². The number of nitrogens with zero attached hydrogens (tertiary/aromatic N) is 5. The van der Waals surface area contributed by atoms with E-state index in [1.807, 2.05) is 0 Å². The van der Waals surface area contributed by atoms with Crippen molar-refractivity contribution in [3.63, 3.8) is 0 Å². The van der Waals surface area contributed by atoms with Crippen molar-refractivity contribution in [1.82, 2.24) is 15.5 Å². The normalized spacial score (nSPS) is 26.8. The van der Waals surface area contributed by atoms with Crippen LogP contribution < -0.4 is 26.2 Å². The van der Waals surface area contributed by atoms with E-state index in [1.54, 1.807) is 0 Å². The fourth-order valence-electron chi connectivity index (χ4n) is 7.81. The predicted molar refractivity (Wildman–Crippen MR) is 182 cm³/mol. The van der Waals surface area contributed by atoms with Crippen molar-refractivity contribution in [3.8, 4) is 0 Å². The molecule has 0 spiro atoms. The van der Waals surface area contributed by atoms with Crippen molar-refractivity contribution in [2.45, 2.75) is 97.4 Å². The molecule has 238 valence electrons. The summed E-state index contributed by atoms with van der Waals surface area (Å²) in [6.45, 7) is 17.5. The molecule has 3 fully saturated rings. The summed E-state index contributed by atoms with van der Waals surface area (Å²) >= 11 is 0. The van der Waals surface area contributed by atoms with E-state index in [4.69, 9.17) is 15.0 Å². The molecule has 1 aromatic carbocycles. The third-order valence-corrected chi connectivity index (χ3v) is 10.1. The Balaban J connectivity index is 1.04. The van der Waals surface area contributed by atoms with Gasteiger partial charge in [-0.3, -0.25) is 9.98 Å². The molecule has 0 aromatic heterocycles. The lowest BCUT2D eigenvalue weighted by Gasteiger charge is -2.38. The second-order valence-electron chi connectivity index (χ2n) is 15.0. The minimum Gasteiger partial charge on any atom is -0.375 e. The summed E-state index contributed by atoms with van der Waals surface area (Å²) in [5.74, 6) is 2.08. The quantitative estimate of drug-likeness (QED) is 0.427. The number of piperidine rings is 2. The van der Waals surface area contributed by atoms with Crippen LogP contribution in [-0.2, 0) is 6.42 Å². The van der Waals surface area contributed by atoms with Crippen molar-refractivity contribution in [2.24, 2.45) is 32.2 Å². The van der Waals surface area contributed by atoms with Crippen LogP contribution in [0.3, 0.4) is 0 Å². The molecule has 5 aliphatic rings. The minimum atomic E-state index is 0.269. The number of guanidine groups is 1. The molecule has 4 heterocycles. The zero-order valence-electron chi connectivity index (χ0n) is 27.6. The molecule has 4 aliphatic heterocycles. The highest BCUT2D eigenvalue weighted by molar-refractivity contribution is 5.82. The molecule has 1 aromatic rings. The summed E-state index contributed by atoms with van der Waals surface area (Å²) in [4.78, 5) is 20.0. The maximum atomic E-state index is 5.14. The van der Waals surface area contributed by atoms with Crippen LogP contribution in [0.25, 0.3) is 0 Å². The molecule has 44 heavy (non-hydrogen) atoms. The fourth-order valence-corrected chi connectivity index (χ4v) is 7.81. The van der Waals surface area contributed by atoms with E-state index in [-0.39, 0.29) is 5.41 Å². The van der Waals surface area contributed by atoms with Gasteiger partial charge in [0.2, 0.25) is 0 Å². The van der Waals surface area contributed by atoms with E-state index in [9.17, 15) is 0 Å². The number of allylic oxidation sites excluding steroid dienone is 2. The van der Waals surface area contributed by atoms with Gasteiger partial charge in [0.15, 0.2) is 5.96 Å². The van der Waals surface area contributed by atoms with Crippen molar-refractivity contribution in [1.29, 1.82) is 0 Å². The third kappa shape index (κ3) is 7.94. The Hall–Kier alpha value is -3.09. The number of anilines is 1. The topological polar surface area (TPSA) is 67.6 Å². The van der Waals surface area contributed by atoms with E-state index in [0.717, 1.165) is 63.2 Å². The van der Waals surface area contributed by atoms with E-state index in [1.165, 1.54) is 85.9 Å². The van der Waals surface area contributed by atoms with Gasteiger partial charge in [-0.1, -0.05) is 27.4 Å². The molecule has 0 unspecified atom stereocenters. The summed E-state index contributed by atoms with van der Waals surface area (Å²) in [6.07, 6.45) is 19.8. The predicted octanol–water partition coefficient (Wildman–Crippen LogP) is 5.64. The Bertz CT molecular complexity index is 1380. The average molecular weight is 598 g/mol. The number of hydrogen-bond donors (Lipinski definition) is 2. The first-order valence-corrected chi connectivity index (χ1v) is 17.5. The van der Waals surface area contributed by atoms with Crippen LogP contribution in [0.4, 0.5) is 5.69 Å². The standard InChI is InChI=1S/C37H55N7/c1-27(24-37(2,3)4)44-20-8-9-30(26-44)29-14-15-40-36(41-25-29)42-32-12-10-28(11-13-32)21-31-22-33(43-18-6-5-7-19-43)23-34-35(31)39-17-16-38-34/h14-15,22-23,25,28,30,32H,1,5-13,16-21,24,26H2,2-4H3,(H2,40,41,42)/t28?,30-,32?/m1/s1. The lowest BCUT2D eigenvalue weighted by atomic mass is 9.82. The molecule has 1 aliphatic carbocycles. The Morgan fingerprint density at radius 1 is 0.955 bits per heavy atom. The zero-order valence-corrected chi connectivity index (χ0v) is 27.6. The first-order valence-electron chi connectivity index (χ1n) is 17.5. The van der Waals surface area contributed by atoms with Gasteiger partial charge < -0.3 is 20.4 Å². The van der Waals surface area contributed by atoms with Gasteiger partial charge in [0, 0.05) is 55.9 Å². The van der Waals surface area contributed by atoms with E-state index in [2.05, 4.69) is 78.4 Å². The minimum absolute atomic E-state index is 0.269. The van der Waals surface area contributed by atoms with Crippen LogP contribution in [0.1, 0.15) is 90.5 Å². The summed E-state index contributed by atoms with van der Waals surface area (Å²) in [6, 6.07) is 5.11. The van der Waals surface area contributed by atoms with Crippen molar-refractivity contribution in [3.05, 3.63) is 64.7 Å². The second-order valence-corrected chi connectivity index (χ2v) is 15.0. The van der Waals surface area contributed by atoms with E-state index >= 15 is 0 Å². The van der Waals surface area contributed by atoms with Crippen LogP contribution in [0, 0.1) is 17.3 Å². The van der Waals surface area contributed by atoms with Gasteiger partial charge in [-0.05, 0) is 111 Å². The summed E-state index contributed by atoms with van der Waals surface area (Å²) in [5.41, 5.74) is 5.68. The third-order valence-electron chi connectivity index (χ3n) is 10.1. The van der Waals surface area contributed by atoms with Crippen molar-refractivity contribution < 1.29 is 0 Å². The Morgan fingerprint density at radius 3 is 2.55 bits per heavy atom. The molecule has 0 bridgehead atoms. The fraction of sp³-hybridized carbons (Fsp3) is 0.649. The highest BCUT2D eigenvalue weighted by atomic mass is 15.2. The van der Waals surface area contributed by atoms with Gasteiger partial charge in [-0.15, -0.1) is 0 Å². The Kier molecular flexibility index (Phi) is 9.77. The molecule has 7 nitrogen and oxygen atoms in total. The first-order chi connectivity index (χ1) is 21.3. The van der Waals surface area contributed by atoms with Crippen molar-refractivity contribution >= 4 is 11.6 Å². The molecule has 7 heteroatoms. The number of benzene rings is 1. The molecular formula is C37H55N7. The molecule has 2 saturated heterocycles. The summed E-state index contributed by atoms with van der Waals surface area (Å²) in [7, 11) is 0. The van der Waals surface area contributed by atoms with Gasteiger partial charge in [0.1, 0.15) is 0 Å². The van der Waals surface area contributed by atoms with Crippen LogP contribution in [0.15, 0.2) is 63.4 Å². The van der Waals surface area contributed by atoms with E-state index < -0.39 is 0 Å². The number of rotatable bonds is 7. The SMILES string of the molecule is C=C(CC(C)(C)C)N1CCC[C@@H](C2=CNC(=NC3CCC(Cc4cc(N5CCCCC5)cc5c4=NCCN=5)CC3)NC=C2)C1. The van der Waals surface area contributed by atoms with Crippen molar-refractivity contribution in [2.75, 3.05) is 44.2 Å². The number of hydrogen-bond acceptors (Lipinski definition) is 5. The summed E-state index contributed by atoms with van der Waals surface area (Å²) in [5, 5.41) is 9.25. The molecule has 2 N–H and O–H groups in total.